The van der Waals surface area contributed by atoms with Crippen LogP contribution in [-0.2, 0) is 0 Å². The van der Waals surface area contributed by atoms with Gasteiger partial charge in [-0.05, 0) is 30.3 Å². The van der Waals surface area contributed by atoms with E-state index >= 15 is 0 Å². The average Bonchev–Trinajstić information content (AvgIpc) is 3.80. The Morgan fingerprint density at radius 2 is 1.22 bits per heavy atom. The molecule has 0 bridgehead atoms. The number of furan rings is 2. The minimum atomic E-state index is 0.0998. The fraction of sp³-hybridized carbons (Fsp3) is 0. The van der Waals surface area contributed by atoms with E-state index in [4.69, 9.17) is 23.8 Å². The van der Waals surface area contributed by atoms with Crippen LogP contribution in [0.2, 0.25) is 0 Å². The van der Waals surface area contributed by atoms with Gasteiger partial charge in [0.1, 0.15) is 22.5 Å². The van der Waals surface area contributed by atoms with Gasteiger partial charge in [-0.1, -0.05) is 133 Å². The molecule has 0 aliphatic heterocycles. The molecule has 0 aliphatic carbocycles. The molecular weight excluding hydrogens is 617 g/mol. The number of amidine groups is 1. The van der Waals surface area contributed by atoms with Crippen molar-refractivity contribution in [2.45, 2.75) is 0 Å². The third kappa shape index (κ3) is 5.25. The minimum Gasteiger partial charge on any atom is -0.455 e. The Kier molecular flexibility index (Phi) is 7.17. The van der Waals surface area contributed by atoms with Gasteiger partial charge in [-0.2, -0.15) is 0 Å². The van der Waals surface area contributed by atoms with Crippen molar-refractivity contribution in [1.29, 1.82) is 5.41 Å². The van der Waals surface area contributed by atoms with Crippen molar-refractivity contribution < 1.29 is 8.83 Å². The molecule has 1 N–H and O–H groups in total. The molecule has 6 aromatic carbocycles. The second-order valence-electron chi connectivity index (χ2n) is 12.0. The van der Waals surface area contributed by atoms with Crippen LogP contribution >= 0.6 is 0 Å². The number of aromatic nitrogens is 2. The van der Waals surface area contributed by atoms with E-state index in [9.17, 15) is 5.41 Å². The molecule has 0 unspecified atom stereocenters. The quantitative estimate of drug-likeness (QED) is 0.144. The first-order valence-electron chi connectivity index (χ1n) is 16.4. The van der Waals surface area contributed by atoms with E-state index in [1.165, 1.54) is 0 Å². The van der Waals surface area contributed by atoms with Crippen molar-refractivity contribution in [3.63, 3.8) is 0 Å². The van der Waals surface area contributed by atoms with Crippen LogP contribution in [0.4, 0.5) is 0 Å². The molecule has 9 rings (SSSR count). The van der Waals surface area contributed by atoms with Crippen molar-refractivity contribution in [2.24, 2.45) is 4.99 Å². The average molecular weight is 645 g/mol. The molecule has 6 heteroatoms. The molecule has 0 amide bonds. The Hall–Kier alpha value is -6.92. The predicted octanol–water partition coefficient (Wildman–Crippen LogP) is 11.0. The molecule has 0 radical (unpaired) electrons. The Morgan fingerprint density at radius 3 is 2.00 bits per heavy atom. The SMILES string of the molecule is N=C(N=C(c1ccccc1)c1cc2ccccc2o1)c1cccc2oc3c(-c4cc(-c5ccccc5)nc(-c5ccccc5)n4)cccc3c12. The van der Waals surface area contributed by atoms with Crippen LogP contribution in [0, 0.1) is 5.41 Å². The van der Waals surface area contributed by atoms with Crippen molar-refractivity contribution in [3.05, 3.63) is 181 Å². The maximum absolute atomic E-state index is 9.36. The molecule has 9 aromatic rings. The monoisotopic (exact) mass is 644 g/mol. The highest BCUT2D eigenvalue weighted by Crippen LogP contribution is 2.38. The number of nitrogens with one attached hydrogen (secondary N) is 1. The third-order valence-corrected chi connectivity index (χ3v) is 8.81. The second-order valence-corrected chi connectivity index (χ2v) is 12.0. The molecule has 0 fully saturated rings. The van der Waals surface area contributed by atoms with Crippen molar-refractivity contribution >= 4 is 44.5 Å². The van der Waals surface area contributed by atoms with Crippen molar-refractivity contribution in [2.75, 3.05) is 0 Å². The Bertz CT molecular complexity index is 2620. The number of fused-ring (bicyclic) bond motifs is 4. The summed E-state index contributed by atoms with van der Waals surface area (Å²) < 4.78 is 12.9. The fourth-order valence-corrected chi connectivity index (χ4v) is 6.43. The summed E-state index contributed by atoms with van der Waals surface area (Å²) in [5, 5.41) is 12.0. The topological polar surface area (TPSA) is 88.3 Å². The standard InChI is InChI=1S/C44H28N4O2/c45-43(48-41(29-16-6-2-7-17-29)39-26-31-20-10-11-24-37(31)49-39)34-23-13-25-38-40(34)33-22-12-21-32(42(33)50-38)36-27-35(28-14-4-1-5-15-28)46-44(47-36)30-18-8-3-9-19-30/h1-27,45H. The van der Waals surface area contributed by atoms with Crippen LogP contribution in [0.1, 0.15) is 16.9 Å². The first kappa shape index (κ1) is 29.2. The van der Waals surface area contributed by atoms with E-state index in [2.05, 4.69) is 12.1 Å². The molecule has 0 saturated heterocycles. The first-order valence-corrected chi connectivity index (χ1v) is 16.4. The molecule has 50 heavy (non-hydrogen) atoms. The van der Waals surface area contributed by atoms with Crippen LogP contribution in [0.15, 0.2) is 178 Å². The van der Waals surface area contributed by atoms with Crippen LogP contribution in [0.5, 0.6) is 0 Å². The molecule has 6 nitrogen and oxygen atoms in total. The summed E-state index contributed by atoms with van der Waals surface area (Å²) in [6, 6.07) is 53.6. The summed E-state index contributed by atoms with van der Waals surface area (Å²) >= 11 is 0. The molecule has 3 heterocycles. The van der Waals surface area contributed by atoms with E-state index in [-0.39, 0.29) is 5.84 Å². The highest BCUT2D eigenvalue weighted by atomic mass is 16.3. The lowest BCUT2D eigenvalue weighted by molar-refractivity contribution is 0.605. The molecular formula is C44H28N4O2. The zero-order chi connectivity index (χ0) is 33.4. The van der Waals surface area contributed by atoms with Gasteiger partial charge in [-0.3, -0.25) is 5.41 Å². The minimum absolute atomic E-state index is 0.0998. The van der Waals surface area contributed by atoms with Gasteiger partial charge in [0.05, 0.1) is 11.4 Å². The number of nitrogens with zero attached hydrogens (tertiary/aromatic N) is 3. The lowest BCUT2D eigenvalue weighted by Crippen LogP contribution is -2.07. The number of hydrogen-bond acceptors (Lipinski definition) is 5. The van der Waals surface area contributed by atoms with Gasteiger partial charge in [-0.25, -0.2) is 15.0 Å². The van der Waals surface area contributed by atoms with Gasteiger partial charge in [-0.15, -0.1) is 0 Å². The molecule has 236 valence electrons. The summed E-state index contributed by atoms with van der Waals surface area (Å²) in [5.41, 5.74) is 8.53. The van der Waals surface area contributed by atoms with Crippen molar-refractivity contribution in [3.8, 4) is 33.9 Å². The normalized spacial score (nSPS) is 11.8. The van der Waals surface area contributed by atoms with Gasteiger partial charge in [0.15, 0.2) is 17.4 Å². The zero-order valence-electron chi connectivity index (χ0n) is 26.7. The van der Waals surface area contributed by atoms with E-state index < -0.39 is 0 Å². The third-order valence-electron chi connectivity index (χ3n) is 8.81. The fourth-order valence-electron chi connectivity index (χ4n) is 6.43. The van der Waals surface area contributed by atoms with Gasteiger partial charge in [0.2, 0.25) is 0 Å². The van der Waals surface area contributed by atoms with E-state index in [0.29, 0.717) is 34.0 Å². The maximum Gasteiger partial charge on any atom is 0.160 e. The summed E-state index contributed by atoms with van der Waals surface area (Å²) in [6.45, 7) is 0. The van der Waals surface area contributed by atoms with E-state index in [1.807, 2.05) is 152 Å². The van der Waals surface area contributed by atoms with E-state index in [0.717, 1.165) is 55.4 Å². The highest BCUT2D eigenvalue weighted by molar-refractivity contribution is 6.24. The highest BCUT2D eigenvalue weighted by Gasteiger charge is 2.21. The van der Waals surface area contributed by atoms with Crippen molar-refractivity contribution in [1.82, 2.24) is 9.97 Å². The number of rotatable bonds is 6. The largest absolute Gasteiger partial charge is 0.455 e. The Labute approximate surface area is 287 Å². The Balaban J connectivity index is 1.21. The zero-order valence-corrected chi connectivity index (χ0v) is 26.7. The predicted molar refractivity (Wildman–Crippen MR) is 201 cm³/mol. The lowest BCUT2D eigenvalue weighted by atomic mass is 10.0. The van der Waals surface area contributed by atoms with Gasteiger partial charge >= 0.3 is 0 Å². The lowest BCUT2D eigenvalue weighted by Gasteiger charge is -2.10. The van der Waals surface area contributed by atoms with Crippen LogP contribution in [-0.4, -0.2) is 21.5 Å². The summed E-state index contributed by atoms with van der Waals surface area (Å²) in [6.07, 6.45) is 0. The smallest absolute Gasteiger partial charge is 0.160 e. The van der Waals surface area contributed by atoms with Gasteiger partial charge in [0.25, 0.3) is 0 Å². The number of hydrogen-bond donors (Lipinski definition) is 1. The molecule has 0 aliphatic rings. The van der Waals surface area contributed by atoms with Gasteiger partial charge < -0.3 is 8.83 Å². The Morgan fingerprint density at radius 1 is 0.560 bits per heavy atom. The summed E-state index contributed by atoms with van der Waals surface area (Å²) in [4.78, 5) is 14.9. The number of benzene rings is 6. The first-order chi connectivity index (χ1) is 24.7. The molecule has 0 atom stereocenters. The van der Waals surface area contributed by atoms with Crippen LogP contribution in [0.3, 0.4) is 0 Å². The van der Waals surface area contributed by atoms with Gasteiger partial charge in [0, 0.05) is 44.0 Å². The summed E-state index contributed by atoms with van der Waals surface area (Å²) in [7, 11) is 0. The van der Waals surface area contributed by atoms with E-state index in [1.54, 1.807) is 0 Å². The molecule has 0 saturated carbocycles. The summed E-state index contributed by atoms with van der Waals surface area (Å²) in [5.74, 6) is 1.33. The molecule has 3 aromatic heterocycles. The number of aliphatic imine (C=N–C) groups is 1. The van der Waals surface area contributed by atoms with Crippen LogP contribution < -0.4 is 0 Å². The number of para-hydroxylation sites is 2. The second kappa shape index (κ2) is 12.3. The maximum atomic E-state index is 9.36. The van der Waals surface area contributed by atoms with Crippen LogP contribution in [0.25, 0.3) is 66.8 Å². The molecule has 0 spiro atoms.